The normalized spacial score (nSPS) is 10.7. The Kier molecular flexibility index (Phi) is 4.15. The summed E-state index contributed by atoms with van der Waals surface area (Å²) in [4.78, 5) is 0. The number of halogens is 1. The first kappa shape index (κ1) is 12.8. The molecular formula is C14H15ClN2O. The first-order chi connectivity index (χ1) is 8.65. The molecular weight excluding hydrogens is 248 g/mol. The third-order valence-corrected chi connectivity index (χ3v) is 2.82. The second kappa shape index (κ2) is 5.83. The first-order valence-corrected chi connectivity index (χ1v) is 6.24. The number of nitrogens with zero attached hydrogens (tertiary/aromatic N) is 2. The Labute approximate surface area is 112 Å². The topological polar surface area (TPSA) is 35.0 Å². The van der Waals surface area contributed by atoms with Crippen LogP contribution in [-0.2, 0) is 6.61 Å². The molecule has 0 atom stereocenters. The Bertz CT molecular complexity index is 494. The van der Waals surface area contributed by atoms with Crippen molar-refractivity contribution in [3.63, 3.8) is 0 Å². The molecule has 94 valence electrons. The first-order valence-electron chi connectivity index (χ1n) is 5.86. The van der Waals surface area contributed by atoms with Crippen LogP contribution in [0.3, 0.4) is 0 Å². The highest BCUT2D eigenvalue weighted by Gasteiger charge is 2.01. The van der Waals surface area contributed by atoms with Gasteiger partial charge in [0, 0.05) is 0 Å². The molecule has 2 aromatic rings. The van der Waals surface area contributed by atoms with Crippen LogP contribution in [0.25, 0.3) is 0 Å². The summed E-state index contributed by atoms with van der Waals surface area (Å²) in [6.07, 6.45) is 0. The number of ether oxygens (including phenoxy) is 1. The average Bonchev–Trinajstić information content (AvgIpc) is 2.38. The fourth-order valence-electron chi connectivity index (χ4n) is 1.53. The van der Waals surface area contributed by atoms with Crippen LogP contribution in [0.2, 0.25) is 5.15 Å². The van der Waals surface area contributed by atoms with E-state index in [1.54, 1.807) is 12.1 Å². The van der Waals surface area contributed by atoms with E-state index in [0.717, 1.165) is 11.4 Å². The zero-order valence-electron chi connectivity index (χ0n) is 10.4. The molecule has 4 heteroatoms. The summed E-state index contributed by atoms with van der Waals surface area (Å²) in [5.74, 6) is 1.36. The van der Waals surface area contributed by atoms with Gasteiger partial charge in [-0.15, -0.1) is 5.10 Å². The van der Waals surface area contributed by atoms with Gasteiger partial charge in [0.25, 0.3) is 0 Å². The monoisotopic (exact) mass is 262 g/mol. The van der Waals surface area contributed by atoms with Crippen molar-refractivity contribution in [3.05, 3.63) is 52.8 Å². The van der Waals surface area contributed by atoms with Gasteiger partial charge in [-0.2, -0.15) is 5.10 Å². The molecule has 3 nitrogen and oxygen atoms in total. The van der Waals surface area contributed by atoms with Crippen molar-refractivity contribution in [2.45, 2.75) is 26.4 Å². The molecule has 0 bridgehead atoms. The minimum absolute atomic E-state index is 0.389. The van der Waals surface area contributed by atoms with E-state index >= 15 is 0 Å². The molecule has 1 aromatic carbocycles. The van der Waals surface area contributed by atoms with E-state index in [4.69, 9.17) is 16.3 Å². The van der Waals surface area contributed by atoms with Gasteiger partial charge in [-0.25, -0.2) is 0 Å². The number of aromatic nitrogens is 2. The summed E-state index contributed by atoms with van der Waals surface area (Å²) in [6.45, 7) is 4.73. The smallest absolute Gasteiger partial charge is 0.151 e. The number of hydrogen-bond donors (Lipinski definition) is 0. The van der Waals surface area contributed by atoms with Crippen LogP contribution < -0.4 is 4.74 Å². The van der Waals surface area contributed by atoms with Crippen molar-refractivity contribution in [1.29, 1.82) is 0 Å². The van der Waals surface area contributed by atoms with Gasteiger partial charge in [0.2, 0.25) is 0 Å². The van der Waals surface area contributed by atoms with Gasteiger partial charge in [-0.05, 0) is 35.7 Å². The molecule has 1 heterocycles. The zero-order valence-corrected chi connectivity index (χ0v) is 11.2. The number of hydrogen-bond acceptors (Lipinski definition) is 3. The summed E-state index contributed by atoms with van der Waals surface area (Å²) in [5.41, 5.74) is 2.06. The predicted molar refractivity (Wildman–Crippen MR) is 71.9 cm³/mol. The lowest BCUT2D eigenvalue weighted by Gasteiger charge is -2.08. The number of rotatable bonds is 4. The maximum Gasteiger partial charge on any atom is 0.151 e. The zero-order chi connectivity index (χ0) is 13.0. The van der Waals surface area contributed by atoms with Crippen molar-refractivity contribution >= 4 is 11.6 Å². The molecule has 0 radical (unpaired) electrons. The van der Waals surface area contributed by atoms with Crippen molar-refractivity contribution in [2.75, 3.05) is 0 Å². The number of benzene rings is 1. The molecule has 0 saturated carbocycles. The molecule has 0 amide bonds. The molecule has 0 aliphatic carbocycles. The lowest BCUT2D eigenvalue weighted by molar-refractivity contribution is 0.299. The van der Waals surface area contributed by atoms with Gasteiger partial charge in [0.1, 0.15) is 18.1 Å². The van der Waals surface area contributed by atoms with Crippen LogP contribution >= 0.6 is 11.6 Å². The maximum atomic E-state index is 5.66. The van der Waals surface area contributed by atoms with Gasteiger partial charge in [0.15, 0.2) is 5.15 Å². The summed E-state index contributed by atoms with van der Waals surface area (Å²) in [5, 5.41) is 8.09. The highest BCUT2D eigenvalue weighted by Crippen LogP contribution is 2.19. The van der Waals surface area contributed by atoms with Crippen molar-refractivity contribution in [1.82, 2.24) is 10.2 Å². The summed E-state index contributed by atoms with van der Waals surface area (Å²) in [6, 6.07) is 11.6. The Morgan fingerprint density at radius 1 is 1.06 bits per heavy atom. The van der Waals surface area contributed by atoms with Crippen LogP contribution in [0.4, 0.5) is 0 Å². The Morgan fingerprint density at radius 2 is 1.78 bits per heavy atom. The van der Waals surface area contributed by atoms with E-state index in [2.05, 4.69) is 36.2 Å². The molecule has 0 aliphatic heterocycles. The fraction of sp³-hybridized carbons (Fsp3) is 0.286. The van der Waals surface area contributed by atoms with Gasteiger partial charge < -0.3 is 4.74 Å². The molecule has 0 spiro atoms. The van der Waals surface area contributed by atoms with E-state index in [-0.39, 0.29) is 0 Å². The minimum atomic E-state index is 0.389. The molecule has 18 heavy (non-hydrogen) atoms. The van der Waals surface area contributed by atoms with Gasteiger partial charge in [-0.3, -0.25) is 0 Å². The highest BCUT2D eigenvalue weighted by molar-refractivity contribution is 6.29. The van der Waals surface area contributed by atoms with Gasteiger partial charge >= 0.3 is 0 Å². The van der Waals surface area contributed by atoms with Gasteiger partial charge in [-0.1, -0.05) is 37.6 Å². The molecule has 0 N–H and O–H groups in total. The van der Waals surface area contributed by atoms with Crippen LogP contribution in [0.15, 0.2) is 36.4 Å². The van der Waals surface area contributed by atoms with Crippen LogP contribution in [-0.4, -0.2) is 10.2 Å². The lowest BCUT2D eigenvalue weighted by Crippen LogP contribution is -1.99. The Balaban J connectivity index is 1.95. The Hall–Kier alpha value is -1.61. The van der Waals surface area contributed by atoms with E-state index in [9.17, 15) is 0 Å². The quantitative estimate of drug-likeness (QED) is 0.840. The van der Waals surface area contributed by atoms with Crippen molar-refractivity contribution in [2.24, 2.45) is 0 Å². The van der Waals surface area contributed by atoms with Crippen molar-refractivity contribution in [3.8, 4) is 5.75 Å². The fourth-order valence-corrected chi connectivity index (χ4v) is 1.63. The third-order valence-electron chi connectivity index (χ3n) is 2.62. The second-order valence-electron chi connectivity index (χ2n) is 4.36. The van der Waals surface area contributed by atoms with Crippen LogP contribution in [0.1, 0.15) is 31.0 Å². The largest absolute Gasteiger partial charge is 0.487 e. The summed E-state index contributed by atoms with van der Waals surface area (Å²) in [7, 11) is 0. The molecule has 0 fully saturated rings. The predicted octanol–water partition coefficient (Wildman–Crippen LogP) is 3.83. The molecule has 0 unspecified atom stereocenters. The molecule has 2 rings (SSSR count). The molecule has 0 aliphatic rings. The minimum Gasteiger partial charge on any atom is -0.487 e. The Morgan fingerprint density at radius 3 is 2.33 bits per heavy atom. The van der Waals surface area contributed by atoms with E-state index in [1.165, 1.54) is 5.56 Å². The van der Waals surface area contributed by atoms with E-state index < -0.39 is 0 Å². The van der Waals surface area contributed by atoms with E-state index in [1.807, 2.05) is 12.1 Å². The van der Waals surface area contributed by atoms with Gasteiger partial charge in [0.05, 0.1) is 0 Å². The summed E-state index contributed by atoms with van der Waals surface area (Å²) < 4.78 is 5.62. The lowest BCUT2D eigenvalue weighted by atomic mass is 10.0. The van der Waals surface area contributed by atoms with E-state index in [0.29, 0.717) is 17.7 Å². The highest BCUT2D eigenvalue weighted by atomic mass is 35.5. The average molecular weight is 263 g/mol. The SMILES string of the molecule is CC(C)c1ccc(OCc2ccc(Cl)nn2)cc1. The standard InChI is InChI=1S/C14H15ClN2O/c1-10(2)11-3-6-13(7-4-11)18-9-12-5-8-14(15)17-16-12/h3-8,10H,9H2,1-2H3. The maximum absolute atomic E-state index is 5.66. The van der Waals surface area contributed by atoms with Crippen LogP contribution in [0, 0.1) is 0 Å². The second-order valence-corrected chi connectivity index (χ2v) is 4.75. The van der Waals surface area contributed by atoms with Crippen molar-refractivity contribution < 1.29 is 4.74 Å². The third kappa shape index (κ3) is 3.44. The molecule has 1 aromatic heterocycles. The van der Waals surface area contributed by atoms with Crippen LogP contribution in [0.5, 0.6) is 5.75 Å². The summed E-state index contributed by atoms with van der Waals surface area (Å²) >= 11 is 5.66. The molecule has 0 saturated heterocycles.